The quantitative estimate of drug-likeness (QED) is 0.569. The lowest BCUT2D eigenvalue weighted by Crippen LogP contribution is -2.43. The number of nitrogens with zero attached hydrogens (tertiary/aromatic N) is 1. The molecule has 0 aromatic rings. The number of likely N-dealkylation sites (tertiary alicyclic amines) is 1. The Morgan fingerprint density at radius 1 is 1.75 bits per heavy atom. The van der Waals surface area contributed by atoms with Crippen LogP contribution in [0.25, 0.3) is 0 Å². The predicted octanol–water partition coefficient (Wildman–Crippen LogP) is -0.846. The molecule has 1 saturated heterocycles. The van der Waals surface area contributed by atoms with Crippen LogP contribution in [0, 0.1) is 0 Å². The van der Waals surface area contributed by atoms with Crippen LogP contribution in [0.1, 0.15) is 13.3 Å². The maximum absolute atomic E-state index is 11.2. The van der Waals surface area contributed by atoms with Crippen LogP contribution in [-0.4, -0.2) is 43.0 Å². The number of amides is 1. The predicted molar refractivity (Wildman–Crippen MR) is 47.7 cm³/mol. The van der Waals surface area contributed by atoms with E-state index in [1.807, 2.05) is 6.92 Å². The van der Waals surface area contributed by atoms with Gasteiger partial charge >= 0.3 is 0 Å². The van der Waals surface area contributed by atoms with E-state index in [0.717, 1.165) is 19.5 Å². The molecule has 12 heavy (non-hydrogen) atoms. The van der Waals surface area contributed by atoms with Crippen molar-refractivity contribution in [2.45, 2.75) is 25.4 Å². The van der Waals surface area contributed by atoms with E-state index in [9.17, 15) is 4.79 Å². The molecule has 1 aliphatic heterocycles. The van der Waals surface area contributed by atoms with Gasteiger partial charge < -0.3 is 11.1 Å². The maximum atomic E-state index is 11.2. The second-order valence-electron chi connectivity index (χ2n) is 3.33. The molecule has 3 N–H and O–H groups in total. The molecule has 4 heteroatoms. The number of hydrogen-bond donors (Lipinski definition) is 2. The first kappa shape index (κ1) is 9.48. The summed E-state index contributed by atoms with van der Waals surface area (Å²) in [5, 5.41) is 2.64. The average molecular weight is 171 g/mol. The minimum absolute atomic E-state index is 0.0384. The molecule has 1 fully saturated rings. The summed E-state index contributed by atoms with van der Waals surface area (Å²) < 4.78 is 0. The number of rotatable bonds is 2. The third-order valence-corrected chi connectivity index (χ3v) is 2.43. The Bertz CT molecular complexity index is 172. The number of likely N-dealkylation sites (N-methyl/N-ethyl adjacent to an activating group) is 1. The second-order valence-corrected chi connectivity index (χ2v) is 3.33. The fraction of sp³-hybridized carbons (Fsp3) is 0.875. The van der Waals surface area contributed by atoms with Gasteiger partial charge in [-0.05, 0) is 13.3 Å². The summed E-state index contributed by atoms with van der Waals surface area (Å²) in [6, 6.07) is 0.209. The molecule has 4 nitrogen and oxygen atoms in total. The van der Waals surface area contributed by atoms with Crippen LogP contribution in [0.5, 0.6) is 0 Å². The van der Waals surface area contributed by atoms with Crippen LogP contribution >= 0.6 is 0 Å². The highest BCUT2D eigenvalue weighted by Crippen LogP contribution is 2.10. The lowest BCUT2D eigenvalue weighted by molar-refractivity contribution is -0.125. The molecule has 0 bridgehead atoms. The van der Waals surface area contributed by atoms with Crippen LogP contribution < -0.4 is 11.1 Å². The molecule has 1 aliphatic rings. The van der Waals surface area contributed by atoms with Crippen LogP contribution in [0.2, 0.25) is 0 Å². The Kier molecular flexibility index (Phi) is 3.05. The highest BCUT2D eigenvalue weighted by atomic mass is 16.2. The molecular formula is C8H17N3O. The fourth-order valence-corrected chi connectivity index (χ4v) is 1.54. The van der Waals surface area contributed by atoms with E-state index in [0.29, 0.717) is 0 Å². The highest BCUT2D eigenvalue weighted by molar-refractivity contribution is 5.80. The molecule has 70 valence electrons. The van der Waals surface area contributed by atoms with Gasteiger partial charge in [0.1, 0.15) is 0 Å². The van der Waals surface area contributed by atoms with Crippen molar-refractivity contribution in [1.82, 2.24) is 10.2 Å². The molecule has 0 radical (unpaired) electrons. The Morgan fingerprint density at radius 2 is 2.42 bits per heavy atom. The van der Waals surface area contributed by atoms with Gasteiger partial charge in [0.2, 0.25) is 5.91 Å². The summed E-state index contributed by atoms with van der Waals surface area (Å²) in [5.41, 5.74) is 5.73. The van der Waals surface area contributed by atoms with E-state index in [-0.39, 0.29) is 18.0 Å². The Balaban J connectivity index is 2.42. The van der Waals surface area contributed by atoms with E-state index in [2.05, 4.69) is 10.2 Å². The van der Waals surface area contributed by atoms with Gasteiger partial charge in [-0.1, -0.05) is 0 Å². The summed E-state index contributed by atoms with van der Waals surface area (Å²) in [6.07, 6.45) is 1.00. The van der Waals surface area contributed by atoms with Gasteiger partial charge in [0, 0.05) is 26.2 Å². The van der Waals surface area contributed by atoms with Gasteiger partial charge in [0.25, 0.3) is 0 Å². The molecule has 2 unspecified atom stereocenters. The number of hydrogen-bond acceptors (Lipinski definition) is 3. The molecule has 0 aliphatic carbocycles. The minimum Gasteiger partial charge on any atom is -0.358 e. The molecule has 0 aromatic heterocycles. The number of carbonyl (C=O) groups excluding carboxylic acids is 1. The first-order chi connectivity index (χ1) is 5.65. The standard InChI is InChI=1S/C8H17N3O/c1-6(8(12)10-2)11-4-3-7(9)5-11/h6-7H,3-5,9H2,1-2H3,(H,10,12). The summed E-state index contributed by atoms with van der Waals surface area (Å²) >= 11 is 0. The summed E-state index contributed by atoms with van der Waals surface area (Å²) in [4.78, 5) is 13.3. The molecule has 1 rings (SSSR count). The van der Waals surface area contributed by atoms with Crippen molar-refractivity contribution in [2.24, 2.45) is 5.73 Å². The van der Waals surface area contributed by atoms with Gasteiger partial charge in [-0.25, -0.2) is 0 Å². The van der Waals surface area contributed by atoms with Crippen molar-refractivity contribution in [2.75, 3.05) is 20.1 Å². The van der Waals surface area contributed by atoms with Crippen LogP contribution in [0.15, 0.2) is 0 Å². The zero-order valence-corrected chi connectivity index (χ0v) is 7.71. The van der Waals surface area contributed by atoms with E-state index in [1.165, 1.54) is 0 Å². The minimum atomic E-state index is -0.0384. The van der Waals surface area contributed by atoms with Crippen molar-refractivity contribution >= 4 is 5.91 Å². The number of nitrogens with one attached hydrogen (secondary N) is 1. The van der Waals surface area contributed by atoms with Crippen LogP contribution in [0.3, 0.4) is 0 Å². The largest absolute Gasteiger partial charge is 0.358 e. The number of nitrogens with two attached hydrogens (primary N) is 1. The van der Waals surface area contributed by atoms with E-state index >= 15 is 0 Å². The zero-order valence-electron chi connectivity index (χ0n) is 7.71. The maximum Gasteiger partial charge on any atom is 0.236 e. The summed E-state index contributed by atoms with van der Waals surface area (Å²) in [7, 11) is 1.66. The molecular weight excluding hydrogens is 154 g/mol. The van der Waals surface area contributed by atoms with Gasteiger partial charge in [-0.3, -0.25) is 9.69 Å². The van der Waals surface area contributed by atoms with E-state index in [1.54, 1.807) is 7.05 Å². The SMILES string of the molecule is CNC(=O)C(C)N1CCC(N)C1. The van der Waals surface area contributed by atoms with Gasteiger partial charge in [-0.15, -0.1) is 0 Å². The number of carbonyl (C=O) groups is 1. The van der Waals surface area contributed by atoms with Crippen molar-refractivity contribution in [3.8, 4) is 0 Å². The van der Waals surface area contributed by atoms with E-state index in [4.69, 9.17) is 5.73 Å². The first-order valence-corrected chi connectivity index (χ1v) is 4.36. The monoisotopic (exact) mass is 171 g/mol. The highest BCUT2D eigenvalue weighted by Gasteiger charge is 2.26. The van der Waals surface area contributed by atoms with Crippen molar-refractivity contribution in [3.05, 3.63) is 0 Å². The normalized spacial score (nSPS) is 27.1. The molecule has 0 aromatic carbocycles. The summed E-state index contributed by atoms with van der Waals surface area (Å²) in [6.45, 7) is 3.70. The van der Waals surface area contributed by atoms with Crippen LogP contribution in [0.4, 0.5) is 0 Å². The third-order valence-electron chi connectivity index (χ3n) is 2.43. The molecule has 0 saturated carbocycles. The Hall–Kier alpha value is -0.610. The average Bonchev–Trinajstić information content (AvgIpc) is 2.49. The van der Waals surface area contributed by atoms with Crippen molar-refractivity contribution in [1.29, 1.82) is 0 Å². The lowest BCUT2D eigenvalue weighted by atomic mass is 10.3. The topological polar surface area (TPSA) is 58.4 Å². The molecule has 1 heterocycles. The Morgan fingerprint density at radius 3 is 2.83 bits per heavy atom. The third kappa shape index (κ3) is 1.95. The van der Waals surface area contributed by atoms with Gasteiger partial charge in [0.05, 0.1) is 6.04 Å². The fourth-order valence-electron chi connectivity index (χ4n) is 1.54. The smallest absolute Gasteiger partial charge is 0.236 e. The molecule has 1 amide bonds. The van der Waals surface area contributed by atoms with Crippen molar-refractivity contribution < 1.29 is 4.79 Å². The second kappa shape index (κ2) is 3.87. The first-order valence-electron chi connectivity index (χ1n) is 4.36. The van der Waals surface area contributed by atoms with Gasteiger partial charge in [0.15, 0.2) is 0 Å². The zero-order chi connectivity index (χ0) is 9.14. The van der Waals surface area contributed by atoms with E-state index < -0.39 is 0 Å². The lowest BCUT2D eigenvalue weighted by Gasteiger charge is -2.21. The molecule has 0 spiro atoms. The van der Waals surface area contributed by atoms with Crippen molar-refractivity contribution in [3.63, 3.8) is 0 Å². The molecule has 2 atom stereocenters. The summed E-state index contributed by atoms with van der Waals surface area (Å²) in [5.74, 6) is 0.0732. The van der Waals surface area contributed by atoms with Gasteiger partial charge in [-0.2, -0.15) is 0 Å². The Labute approximate surface area is 73.1 Å². The van der Waals surface area contributed by atoms with Crippen LogP contribution in [-0.2, 0) is 4.79 Å².